The Bertz CT molecular complexity index is 1010. The van der Waals surface area contributed by atoms with Crippen LogP contribution in [0.4, 0.5) is 0 Å². The van der Waals surface area contributed by atoms with E-state index in [0.717, 1.165) is 23.6 Å². The molecule has 4 rings (SSSR count). The second-order valence-electron chi connectivity index (χ2n) is 8.62. The number of amides is 1. The Morgan fingerprint density at radius 2 is 1.57 bits per heavy atom. The summed E-state index contributed by atoms with van der Waals surface area (Å²) in [5.74, 6) is 0.167. The standard InChI is InChI=1S/C23H31N3O3S/c1-18-6-5-7-19(2)26(18)23(27)17-24-12-14-25(15-13-24)30(28,29)22-11-10-20-8-3-4-9-21(20)16-22/h3-4,8-11,16,18-19H,5-7,12-15,17H2,1-2H3. The van der Waals surface area contributed by atoms with Crippen LogP contribution in [0.5, 0.6) is 0 Å². The van der Waals surface area contributed by atoms with Crippen LogP contribution in [0.3, 0.4) is 0 Å². The zero-order valence-corrected chi connectivity index (χ0v) is 18.6. The maximum Gasteiger partial charge on any atom is 0.243 e. The SMILES string of the molecule is CC1CCCC(C)N1C(=O)CN1CCN(S(=O)(=O)c2ccc3ccccc3c2)CC1. The third-order valence-corrected chi connectivity index (χ3v) is 8.42. The molecule has 6 nitrogen and oxygen atoms in total. The predicted octanol–water partition coefficient (Wildman–Crippen LogP) is 2.94. The quantitative estimate of drug-likeness (QED) is 0.750. The number of fused-ring (bicyclic) bond motifs is 1. The molecule has 0 spiro atoms. The van der Waals surface area contributed by atoms with Gasteiger partial charge in [-0.25, -0.2) is 8.42 Å². The fourth-order valence-electron chi connectivity index (χ4n) is 4.79. The first-order chi connectivity index (χ1) is 14.4. The Kier molecular flexibility index (Phi) is 6.14. The van der Waals surface area contributed by atoms with E-state index in [9.17, 15) is 13.2 Å². The minimum absolute atomic E-state index is 0.167. The second-order valence-corrected chi connectivity index (χ2v) is 10.6. The number of piperidine rings is 1. The highest BCUT2D eigenvalue weighted by atomic mass is 32.2. The van der Waals surface area contributed by atoms with Gasteiger partial charge in [0.05, 0.1) is 11.4 Å². The summed E-state index contributed by atoms with van der Waals surface area (Å²) >= 11 is 0. The van der Waals surface area contributed by atoms with E-state index >= 15 is 0 Å². The van der Waals surface area contributed by atoms with Gasteiger partial charge in [-0.15, -0.1) is 0 Å². The number of hydrogen-bond acceptors (Lipinski definition) is 4. The van der Waals surface area contributed by atoms with Gasteiger partial charge in [0.25, 0.3) is 0 Å². The van der Waals surface area contributed by atoms with Crippen molar-refractivity contribution in [2.24, 2.45) is 0 Å². The number of nitrogens with zero attached hydrogens (tertiary/aromatic N) is 3. The minimum Gasteiger partial charge on any atom is -0.336 e. The first-order valence-corrected chi connectivity index (χ1v) is 12.3. The van der Waals surface area contributed by atoms with Crippen LogP contribution in [0.1, 0.15) is 33.1 Å². The van der Waals surface area contributed by atoms with Crippen LogP contribution in [-0.4, -0.2) is 73.2 Å². The second kappa shape index (κ2) is 8.65. The van der Waals surface area contributed by atoms with Crippen molar-refractivity contribution in [1.29, 1.82) is 0 Å². The highest BCUT2D eigenvalue weighted by molar-refractivity contribution is 7.89. The molecule has 2 aliphatic heterocycles. The average Bonchev–Trinajstić information content (AvgIpc) is 2.73. The van der Waals surface area contributed by atoms with Crippen molar-refractivity contribution in [3.63, 3.8) is 0 Å². The van der Waals surface area contributed by atoms with Crippen LogP contribution in [0.15, 0.2) is 47.4 Å². The van der Waals surface area contributed by atoms with Gasteiger partial charge < -0.3 is 4.90 Å². The van der Waals surface area contributed by atoms with Crippen LogP contribution >= 0.6 is 0 Å². The lowest BCUT2D eigenvalue weighted by molar-refractivity contribution is -0.138. The highest BCUT2D eigenvalue weighted by Crippen LogP contribution is 2.24. The van der Waals surface area contributed by atoms with Crippen molar-refractivity contribution >= 4 is 26.7 Å². The van der Waals surface area contributed by atoms with Crippen molar-refractivity contribution < 1.29 is 13.2 Å². The topological polar surface area (TPSA) is 60.9 Å². The zero-order valence-electron chi connectivity index (χ0n) is 17.8. The predicted molar refractivity (Wildman–Crippen MR) is 119 cm³/mol. The lowest BCUT2D eigenvalue weighted by Crippen LogP contribution is -2.54. The van der Waals surface area contributed by atoms with E-state index in [-0.39, 0.29) is 18.0 Å². The Morgan fingerprint density at radius 3 is 2.23 bits per heavy atom. The summed E-state index contributed by atoms with van der Waals surface area (Å²) in [4.78, 5) is 17.3. The van der Waals surface area contributed by atoms with Gasteiger partial charge in [-0.3, -0.25) is 9.69 Å². The van der Waals surface area contributed by atoms with Crippen LogP contribution in [-0.2, 0) is 14.8 Å². The summed E-state index contributed by atoms with van der Waals surface area (Å²) in [5.41, 5.74) is 0. The number of likely N-dealkylation sites (tertiary alicyclic amines) is 1. The minimum atomic E-state index is -3.53. The van der Waals surface area contributed by atoms with Gasteiger partial charge in [0.15, 0.2) is 0 Å². The molecule has 0 radical (unpaired) electrons. The monoisotopic (exact) mass is 429 g/mol. The van der Waals surface area contributed by atoms with Crippen molar-refractivity contribution in [2.45, 2.75) is 50.1 Å². The molecule has 2 fully saturated rings. The molecule has 2 heterocycles. The van der Waals surface area contributed by atoms with Gasteiger partial charge in [0.2, 0.25) is 15.9 Å². The van der Waals surface area contributed by atoms with E-state index in [1.165, 1.54) is 6.42 Å². The molecule has 30 heavy (non-hydrogen) atoms. The molecular formula is C23H31N3O3S. The number of rotatable bonds is 4. The lowest BCUT2D eigenvalue weighted by atomic mass is 9.97. The largest absolute Gasteiger partial charge is 0.336 e. The Hall–Kier alpha value is -1.96. The fraction of sp³-hybridized carbons (Fsp3) is 0.522. The third kappa shape index (κ3) is 4.24. The maximum atomic E-state index is 13.1. The molecule has 2 aliphatic rings. The molecule has 2 unspecified atom stereocenters. The fourth-order valence-corrected chi connectivity index (χ4v) is 6.25. The van der Waals surface area contributed by atoms with Crippen molar-refractivity contribution in [1.82, 2.24) is 14.1 Å². The molecule has 2 aromatic carbocycles. The van der Waals surface area contributed by atoms with Crippen molar-refractivity contribution in [3.05, 3.63) is 42.5 Å². The molecule has 7 heteroatoms. The Labute approximate surface area is 179 Å². The lowest BCUT2D eigenvalue weighted by Gasteiger charge is -2.41. The van der Waals surface area contributed by atoms with Crippen LogP contribution < -0.4 is 0 Å². The number of hydrogen-bond donors (Lipinski definition) is 0. The molecule has 162 valence electrons. The number of sulfonamides is 1. The van der Waals surface area contributed by atoms with E-state index in [1.807, 2.05) is 35.2 Å². The normalized spacial score (nSPS) is 24.3. The van der Waals surface area contributed by atoms with Crippen molar-refractivity contribution in [3.8, 4) is 0 Å². The smallest absolute Gasteiger partial charge is 0.243 e. The number of benzene rings is 2. The zero-order chi connectivity index (χ0) is 21.3. The summed E-state index contributed by atoms with van der Waals surface area (Å²) in [5, 5.41) is 1.95. The molecule has 0 bridgehead atoms. The average molecular weight is 430 g/mol. The molecule has 0 saturated carbocycles. The Morgan fingerprint density at radius 1 is 0.933 bits per heavy atom. The van der Waals surface area contributed by atoms with Crippen LogP contribution in [0.25, 0.3) is 10.8 Å². The van der Waals surface area contributed by atoms with Crippen LogP contribution in [0, 0.1) is 0 Å². The number of piperazine rings is 1. The summed E-state index contributed by atoms with van der Waals surface area (Å²) in [6.07, 6.45) is 3.30. The van der Waals surface area contributed by atoms with Gasteiger partial charge in [0.1, 0.15) is 0 Å². The molecule has 1 amide bonds. The van der Waals surface area contributed by atoms with E-state index < -0.39 is 10.0 Å². The summed E-state index contributed by atoms with van der Waals surface area (Å²) in [6.45, 7) is 6.60. The summed E-state index contributed by atoms with van der Waals surface area (Å²) < 4.78 is 27.8. The molecule has 2 saturated heterocycles. The molecule has 0 N–H and O–H groups in total. The molecule has 0 aromatic heterocycles. The number of carbonyl (C=O) groups is 1. The van der Waals surface area contributed by atoms with Crippen molar-refractivity contribution in [2.75, 3.05) is 32.7 Å². The third-order valence-electron chi connectivity index (χ3n) is 6.53. The highest BCUT2D eigenvalue weighted by Gasteiger charge is 2.32. The molecule has 0 aliphatic carbocycles. The van der Waals surface area contributed by atoms with E-state index in [0.29, 0.717) is 37.6 Å². The van der Waals surface area contributed by atoms with Gasteiger partial charge in [-0.05, 0) is 56.0 Å². The summed E-state index contributed by atoms with van der Waals surface area (Å²) in [6, 6.07) is 13.6. The summed E-state index contributed by atoms with van der Waals surface area (Å²) in [7, 11) is -3.53. The molecule has 2 aromatic rings. The molecule has 2 atom stereocenters. The maximum absolute atomic E-state index is 13.1. The van der Waals surface area contributed by atoms with E-state index in [2.05, 4.69) is 18.7 Å². The first kappa shape index (κ1) is 21.3. The van der Waals surface area contributed by atoms with E-state index in [4.69, 9.17) is 0 Å². The molecular weight excluding hydrogens is 398 g/mol. The van der Waals surface area contributed by atoms with Crippen LogP contribution in [0.2, 0.25) is 0 Å². The van der Waals surface area contributed by atoms with Gasteiger partial charge >= 0.3 is 0 Å². The first-order valence-electron chi connectivity index (χ1n) is 10.9. The van der Waals surface area contributed by atoms with E-state index in [1.54, 1.807) is 16.4 Å². The van der Waals surface area contributed by atoms with Gasteiger partial charge in [0, 0.05) is 38.3 Å². The van der Waals surface area contributed by atoms with Gasteiger partial charge in [-0.1, -0.05) is 30.3 Å². The Balaban J connectivity index is 1.39. The number of carbonyl (C=O) groups excluding carboxylic acids is 1. The van der Waals surface area contributed by atoms with Gasteiger partial charge in [-0.2, -0.15) is 4.31 Å².